The molecule has 0 aliphatic rings. The third-order valence-electron chi connectivity index (χ3n) is 2.79. The lowest BCUT2D eigenvalue weighted by molar-refractivity contribution is 0.580. The van der Waals surface area contributed by atoms with Crippen molar-refractivity contribution in [1.29, 1.82) is 0 Å². The molecule has 19 heavy (non-hydrogen) atoms. The number of hydrogen-bond donors (Lipinski definition) is 0. The standard InChI is InChI=1S/C13H9ClN2O2S/c14-12-8-15-16(9-12)19(17,18)13-6-5-10-3-1-2-4-11(10)7-13/h1-9H. The Kier molecular flexibility index (Phi) is 2.80. The fraction of sp³-hybridized carbons (Fsp3) is 0. The zero-order valence-electron chi connectivity index (χ0n) is 9.69. The van der Waals surface area contributed by atoms with Gasteiger partial charge in [-0.3, -0.25) is 0 Å². The zero-order valence-corrected chi connectivity index (χ0v) is 11.3. The first-order valence-electron chi connectivity index (χ1n) is 5.52. The normalized spacial score (nSPS) is 11.8. The molecule has 0 amide bonds. The summed E-state index contributed by atoms with van der Waals surface area (Å²) < 4.78 is 25.5. The van der Waals surface area contributed by atoms with Gasteiger partial charge in [0.2, 0.25) is 0 Å². The molecule has 0 aliphatic carbocycles. The molecular formula is C13H9ClN2O2S. The number of halogens is 1. The van der Waals surface area contributed by atoms with Crippen molar-refractivity contribution in [3.8, 4) is 0 Å². The summed E-state index contributed by atoms with van der Waals surface area (Å²) in [6, 6.07) is 12.5. The molecule has 1 aromatic heterocycles. The Hall–Kier alpha value is -1.85. The predicted molar refractivity (Wildman–Crippen MR) is 73.8 cm³/mol. The van der Waals surface area contributed by atoms with Gasteiger partial charge in [0, 0.05) is 0 Å². The van der Waals surface area contributed by atoms with Crippen molar-refractivity contribution in [3.63, 3.8) is 0 Å². The van der Waals surface area contributed by atoms with Gasteiger partial charge in [0.15, 0.2) is 0 Å². The van der Waals surface area contributed by atoms with Gasteiger partial charge in [-0.25, -0.2) is 0 Å². The molecule has 96 valence electrons. The largest absolute Gasteiger partial charge is 0.283 e. The van der Waals surface area contributed by atoms with Gasteiger partial charge in [0.25, 0.3) is 10.0 Å². The highest BCUT2D eigenvalue weighted by Gasteiger charge is 2.18. The Balaban J connectivity index is 2.18. The number of rotatable bonds is 2. The number of aromatic nitrogens is 2. The molecule has 2 aromatic carbocycles. The monoisotopic (exact) mass is 292 g/mol. The average molecular weight is 293 g/mol. The highest BCUT2D eigenvalue weighted by Crippen LogP contribution is 2.21. The Labute approximate surface area is 115 Å². The summed E-state index contributed by atoms with van der Waals surface area (Å²) in [6.07, 6.45) is 2.56. The summed E-state index contributed by atoms with van der Waals surface area (Å²) in [7, 11) is -3.69. The molecule has 0 fully saturated rings. The minimum atomic E-state index is -3.69. The van der Waals surface area contributed by atoms with E-state index in [9.17, 15) is 8.42 Å². The van der Waals surface area contributed by atoms with Crippen LogP contribution in [0.5, 0.6) is 0 Å². The predicted octanol–water partition coefficient (Wildman–Crippen LogP) is 2.93. The molecule has 0 atom stereocenters. The topological polar surface area (TPSA) is 52.0 Å². The van der Waals surface area contributed by atoms with E-state index in [4.69, 9.17) is 11.6 Å². The third kappa shape index (κ3) is 2.11. The number of nitrogens with zero attached hydrogens (tertiary/aromatic N) is 2. The van der Waals surface area contributed by atoms with Crippen molar-refractivity contribution in [3.05, 3.63) is 59.9 Å². The van der Waals surface area contributed by atoms with Gasteiger partial charge in [0.05, 0.1) is 22.3 Å². The lowest BCUT2D eigenvalue weighted by Crippen LogP contribution is -2.13. The number of fused-ring (bicyclic) bond motifs is 1. The zero-order chi connectivity index (χ0) is 13.5. The molecule has 0 saturated carbocycles. The molecule has 3 aromatic rings. The first-order chi connectivity index (χ1) is 9.07. The molecule has 0 unspecified atom stereocenters. The molecule has 0 aliphatic heterocycles. The van der Waals surface area contributed by atoms with E-state index in [-0.39, 0.29) is 9.92 Å². The highest BCUT2D eigenvalue weighted by atomic mass is 35.5. The van der Waals surface area contributed by atoms with Crippen LogP contribution < -0.4 is 0 Å². The second kappa shape index (κ2) is 4.36. The van der Waals surface area contributed by atoms with Crippen LogP contribution in [0.3, 0.4) is 0 Å². The maximum absolute atomic E-state index is 12.3. The van der Waals surface area contributed by atoms with Crippen LogP contribution in [0.4, 0.5) is 0 Å². The van der Waals surface area contributed by atoms with Crippen LogP contribution >= 0.6 is 11.6 Å². The van der Waals surface area contributed by atoms with Crippen molar-refractivity contribution in [2.24, 2.45) is 0 Å². The molecule has 1 heterocycles. The molecule has 0 saturated heterocycles. The average Bonchev–Trinajstić information content (AvgIpc) is 2.85. The Morgan fingerprint density at radius 2 is 1.79 bits per heavy atom. The van der Waals surface area contributed by atoms with Gasteiger partial charge in [-0.15, -0.1) is 0 Å². The SMILES string of the molecule is O=S(=O)(c1ccc2ccccc2c1)n1cc(Cl)cn1. The lowest BCUT2D eigenvalue weighted by Gasteiger charge is -2.05. The number of benzene rings is 2. The van der Waals surface area contributed by atoms with E-state index in [1.807, 2.05) is 24.3 Å². The van der Waals surface area contributed by atoms with E-state index in [2.05, 4.69) is 5.10 Å². The van der Waals surface area contributed by atoms with Gasteiger partial charge in [-0.1, -0.05) is 41.9 Å². The van der Waals surface area contributed by atoms with Crippen LogP contribution in [0.15, 0.2) is 59.8 Å². The maximum atomic E-state index is 12.3. The Bertz CT molecular complexity index is 856. The van der Waals surface area contributed by atoms with Crippen LogP contribution in [0.25, 0.3) is 10.8 Å². The fourth-order valence-corrected chi connectivity index (χ4v) is 3.20. The number of hydrogen-bond acceptors (Lipinski definition) is 3. The molecule has 0 spiro atoms. The second-order valence-corrected chi connectivity index (χ2v) is 6.28. The molecule has 0 bridgehead atoms. The van der Waals surface area contributed by atoms with Crippen LogP contribution in [-0.2, 0) is 10.0 Å². The summed E-state index contributed by atoms with van der Waals surface area (Å²) in [4.78, 5) is 0.186. The van der Waals surface area contributed by atoms with E-state index in [1.54, 1.807) is 18.2 Å². The molecule has 3 rings (SSSR count). The summed E-state index contributed by atoms with van der Waals surface area (Å²) in [6.45, 7) is 0. The Morgan fingerprint density at radius 1 is 1.05 bits per heavy atom. The first kappa shape index (κ1) is 12.2. The smallest absolute Gasteiger partial charge is 0.199 e. The van der Waals surface area contributed by atoms with Gasteiger partial charge >= 0.3 is 0 Å². The van der Waals surface area contributed by atoms with Crippen LogP contribution in [0, 0.1) is 0 Å². The van der Waals surface area contributed by atoms with Crippen molar-refractivity contribution >= 4 is 32.4 Å². The van der Waals surface area contributed by atoms with Crippen molar-refractivity contribution in [1.82, 2.24) is 9.19 Å². The van der Waals surface area contributed by atoms with E-state index < -0.39 is 10.0 Å². The summed E-state index contributed by atoms with van der Waals surface area (Å²) in [5.74, 6) is 0. The van der Waals surface area contributed by atoms with Crippen LogP contribution in [0.2, 0.25) is 5.02 Å². The minimum absolute atomic E-state index is 0.186. The van der Waals surface area contributed by atoms with Crippen LogP contribution in [-0.4, -0.2) is 17.6 Å². The quantitative estimate of drug-likeness (QED) is 0.730. The van der Waals surface area contributed by atoms with Crippen LogP contribution in [0.1, 0.15) is 0 Å². The molecule has 4 nitrogen and oxygen atoms in total. The third-order valence-corrected chi connectivity index (χ3v) is 4.53. The summed E-state index contributed by atoms with van der Waals surface area (Å²) >= 11 is 5.70. The molecular weight excluding hydrogens is 284 g/mol. The summed E-state index contributed by atoms with van der Waals surface area (Å²) in [5, 5.41) is 5.87. The van der Waals surface area contributed by atoms with Gasteiger partial charge in [-0.05, 0) is 22.9 Å². The minimum Gasteiger partial charge on any atom is -0.199 e. The summed E-state index contributed by atoms with van der Waals surface area (Å²) in [5.41, 5.74) is 0. The van der Waals surface area contributed by atoms with Crippen molar-refractivity contribution in [2.45, 2.75) is 4.90 Å². The molecule has 6 heteroatoms. The van der Waals surface area contributed by atoms with Gasteiger partial charge < -0.3 is 0 Å². The van der Waals surface area contributed by atoms with E-state index in [1.165, 1.54) is 12.4 Å². The fourth-order valence-electron chi connectivity index (χ4n) is 1.85. The molecule has 0 radical (unpaired) electrons. The van der Waals surface area contributed by atoms with Crippen molar-refractivity contribution in [2.75, 3.05) is 0 Å². The Morgan fingerprint density at radius 3 is 2.47 bits per heavy atom. The first-order valence-corrected chi connectivity index (χ1v) is 7.34. The van der Waals surface area contributed by atoms with Crippen molar-refractivity contribution < 1.29 is 8.42 Å². The molecule has 0 N–H and O–H groups in total. The van der Waals surface area contributed by atoms with Gasteiger partial charge in [-0.2, -0.15) is 17.6 Å². The van der Waals surface area contributed by atoms with E-state index >= 15 is 0 Å². The maximum Gasteiger partial charge on any atom is 0.283 e. The van der Waals surface area contributed by atoms with E-state index in [0.29, 0.717) is 0 Å². The highest BCUT2D eigenvalue weighted by molar-refractivity contribution is 7.89. The second-order valence-electron chi connectivity index (χ2n) is 4.05. The van der Waals surface area contributed by atoms with E-state index in [0.717, 1.165) is 14.9 Å². The van der Waals surface area contributed by atoms with Gasteiger partial charge in [0.1, 0.15) is 0 Å². The lowest BCUT2D eigenvalue weighted by atomic mass is 10.1.